The van der Waals surface area contributed by atoms with E-state index in [2.05, 4.69) is 15.0 Å². The van der Waals surface area contributed by atoms with Crippen LogP contribution in [0.15, 0.2) is 41.1 Å². The lowest BCUT2D eigenvalue weighted by Gasteiger charge is -2.14. The number of nitrogens with zero attached hydrogens (tertiary/aromatic N) is 1. The molecule has 0 fully saturated rings. The number of amides is 1. The Labute approximate surface area is 177 Å². The van der Waals surface area contributed by atoms with Gasteiger partial charge in [0, 0.05) is 16.6 Å². The van der Waals surface area contributed by atoms with Crippen molar-refractivity contribution in [1.29, 1.82) is 0 Å². The minimum absolute atomic E-state index is 0.228. The Hall–Kier alpha value is -2.92. The highest BCUT2D eigenvalue weighted by Crippen LogP contribution is 2.30. The van der Waals surface area contributed by atoms with E-state index in [0.29, 0.717) is 15.6 Å². The van der Waals surface area contributed by atoms with Crippen LogP contribution < -0.4 is 10.1 Å². The molecule has 0 aliphatic carbocycles. The quantitative estimate of drug-likeness (QED) is 0.512. The van der Waals surface area contributed by atoms with Crippen molar-refractivity contribution in [2.75, 3.05) is 5.32 Å². The fraction of sp³-hybridized carbons (Fsp3) is 0.211. The zero-order valence-corrected chi connectivity index (χ0v) is 17.3. The van der Waals surface area contributed by atoms with Gasteiger partial charge in [-0.05, 0) is 49.6 Å². The first kappa shape index (κ1) is 21.8. The number of esters is 1. The third-order valence-electron chi connectivity index (χ3n) is 3.76. The molecule has 1 amide bonds. The fourth-order valence-electron chi connectivity index (χ4n) is 2.35. The molecule has 0 bridgehead atoms. The summed E-state index contributed by atoms with van der Waals surface area (Å²) in [5, 5.41) is 6.96. The van der Waals surface area contributed by atoms with Gasteiger partial charge in [-0.15, -0.1) is 24.5 Å². The molecule has 1 unspecified atom stereocenters. The lowest BCUT2D eigenvalue weighted by atomic mass is 10.3. The summed E-state index contributed by atoms with van der Waals surface area (Å²) >= 11 is 2.68. The number of benzene rings is 1. The second-order valence-electron chi connectivity index (χ2n) is 6.05. The van der Waals surface area contributed by atoms with Gasteiger partial charge in [0.1, 0.15) is 15.6 Å². The maximum atomic E-state index is 12.4. The Bertz CT molecular complexity index is 1030. The molecule has 0 saturated heterocycles. The first-order valence-corrected chi connectivity index (χ1v) is 10.3. The first-order valence-electron chi connectivity index (χ1n) is 8.50. The van der Waals surface area contributed by atoms with Crippen LogP contribution in [-0.4, -0.2) is 29.3 Å². The largest absolute Gasteiger partial charge is 0.573 e. The molecule has 0 spiro atoms. The number of hydrogen-bond donors (Lipinski definition) is 1. The molecule has 0 saturated carbocycles. The standard InChI is InChI=1S/C19H15F3N2O4S2/c1-10-15(30-17(23-10)12-7-8-29-9-12)18(26)27-11(2)16(25)24-13-3-5-14(6-4-13)28-19(20,21)22/h3-9,11H,1-2H3,(H,24,25). The molecule has 0 radical (unpaired) electrons. The Balaban J connectivity index is 1.60. The van der Waals surface area contributed by atoms with Gasteiger partial charge < -0.3 is 14.8 Å². The molecule has 3 aromatic rings. The SMILES string of the molecule is Cc1nc(-c2ccsc2)sc1C(=O)OC(C)C(=O)Nc1ccc(OC(F)(F)F)cc1. The molecule has 1 atom stereocenters. The van der Waals surface area contributed by atoms with Crippen LogP contribution in [-0.2, 0) is 9.53 Å². The third-order valence-corrected chi connectivity index (χ3v) is 5.63. The fourth-order valence-corrected chi connectivity index (χ4v) is 4.01. The molecule has 158 valence electrons. The number of nitrogens with one attached hydrogen (secondary N) is 1. The zero-order valence-electron chi connectivity index (χ0n) is 15.6. The second-order valence-corrected chi connectivity index (χ2v) is 7.83. The number of anilines is 1. The van der Waals surface area contributed by atoms with E-state index in [4.69, 9.17) is 4.74 Å². The molecule has 0 aliphatic rings. The molecule has 2 heterocycles. The number of aromatic nitrogens is 1. The molecule has 1 aromatic carbocycles. The molecule has 11 heteroatoms. The Kier molecular flexibility index (Phi) is 6.42. The summed E-state index contributed by atoms with van der Waals surface area (Å²) in [6, 6.07) is 6.50. The van der Waals surface area contributed by atoms with Crippen molar-refractivity contribution in [1.82, 2.24) is 4.98 Å². The second kappa shape index (κ2) is 8.84. The number of alkyl halides is 3. The number of rotatable bonds is 6. The lowest BCUT2D eigenvalue weighted by molar-refractivity contribution is -0.274. The lowest BCUT2D eigenvalue weighted by Crippen LogP contribution is -2.30. The average molecular weight is 456 g/mol. The molecule has 6 nitrogen and oxygen atoms in total. The van der Waals surface area contributed by atoms with Gasteiger partial charge in [0.05, 0.1) is 5.69 Å². The minimum atomic E-state index is -4.80. The van der Waals surface area contributed by atoms with Crippen LogP contribution in [0.25, 0.3) is 10.6 Å². The van der Waals surface area contributed by atoms with Gasteiger partial charge in [0.15, 0.2) is 6.10 Å². The van der Waals surface area contributed by atoms with Crippen LogP contribution in [0.5, 0.6) is 5.75 Å². The van der Waals surface area contributed by atoms with Gasteiger partial charge in [-0.3, -0.25) is 4.79 Å². The number of thiophene rings is 1. The summed E-state index contributed by atoms with van der Waals surface area (Å²) in [6.45, 7) is 3.07. The number of carbonyl (C=O) groups excluding carboxylic acids is 2. The predicted molar refractivity (Wildman–Crippen MR) is 107 cm³/mol. The van der Waals surface area contributed by atoms with Crippen molar-refractivity contribution in [2.45, 2.75) is 26.3 Å². The number of carbonyl (C=O) groups is 2. The highest BCUT2D eigenvalue weighted by Gasteiger charge is 2.31. The summed E-state index contributed by atoms with van der Waals surface area (Å²) < 4.78 is 45.5. The van der Waals surface area contributed by atoms with E-state index in [9.17, 15) is 22.8 Å². The number of hydrogen-bond acceptors (Lipinski definition) is 7. The average Bonchev–Trinajstić information content (AvgIpc) is 3.31. The van der Waals surface area contributed by atoms with Crippen molar-refractivity contribution < 1.29 is 32.2 Å². The van der Waals surface area contributed by atoms with Crippen LogP contribution in [0.1, 0.15) is 22.3 Å². The Morgan fingerprint density at radius 2 is 1.87 bits per heavy atom. The summed E-state index contributed by atoms with van der Waals surface area (Å²) in [5.74, 6) is -1.72. The van der Waals surface area contributed by atoms with E-state index in [1.165, 1.54) is 41.7 Å². The van der Waals surface area contributed by atoms with Crippen LogP contribution in [0, 0.1) is 6.92 Å². The highest BCUT2D eigenvalue weighted by atomic mass is 32.1. The maximum Gasteiger partial charge on any atom is 0.573 e. The summed E-state index contributed by atoms with van der Waals surface area (Å²) in [7, 11) is 0. The smallest absolute Gasteiger partial charge is 0.448 e. The molecule has 3 rings (SSSR count). The minimum Gasteiger partial charge on any atom is -0.448 e. The van der Waals surface area contributed by atoms with Crippen molar-refractivity contribution >= 4 is 40.2 Å². The maximum absolute atomic E-state index is 12.4. The summed E-state index contributed by atoms with van der Waals surface area (Å²) in [6.07, 6.45) is -5.93. The highest BCUT2D eigenvalue weighted by molar-refractivity contribution is 7.17. The van der Waals surface area contributed by atoms with Crippen LogP contribution in [0.3, 0.4) is 0 Å². The van der Waals surface area contributed by atoms with E-state index in [-0.39, 0.29) is 5.69 Å². The first-order chi connectivity index (χ1) is 14.1. The molecular formula is C19H15F3N2O4S2. The van der Waals surface area contributed by atoms with E-state index in [1.54, 1.807) is 6.92 Å². The molecule has 0 aliphatic heterocycles. The van der Waals surface area contributed by atoms with Gasteiger partial charge in [-0.2, -0.15) is 11.3 Å². The number of ether oxygens (including phenoxy) is 2. The van der Waals surface area contributed by atoms with E-state index in [1.807, 2.05) is 16.8 Å². The normalized spacial score (nSPS) is 12.3. The Morgan fingerprint density at radius 3 is 2.47 bits per heavy atom. The van der Waals surface area contributed by atoms with Crippen LogP contribution >= 0.6 is 22.7 Å². The van der Waals surface area contributed by atoms with Gasteiger partial charge in [-0.25, -0.2) is 9.78 Å². The zero-order chi connectivity index (χ0) is 21.9. The van der Waals surface area contributed by atoms with E-state index >= 15 is 0 Å². The van der Waals surface area contributed by atoms with Crippen molar-refractivity contribution in [3.8, 4) is 16.3 Å². The van der Waals surface area contributed by atoms with Gasteiger partial charge in [0.25, 0.3) is 5.91 Å². The van der Waals surface area contributed by atoms with E-state index < -0.39 is 30.1 Å². The van der Waals surface area contributed by atoms with Crippen LogP contribution in [0.4, 0.5) is 18.9 Å². The van der Waals surface area contributed by atoms with Gasteiger partial charge >= 0.3 is 12.3 Å². The van der Waals surface area contributed by atoms with Crippen molar-refractivity contribution in [3.05, 3.63) is 51.7 Å². The number of aryl methyl sites for hydroxylation is 1. The van der Waals surface area contributed by atoms with Crippen molar-refractivity contribution in [2.24, 2.45) is 0 Å². The summed E-state index contributed by atoms with van der Waals surface area (Å²) in [4.78, 5) is 29.4. The molecule has 2 aromatic heterocycles. The number of halogens is 3. The van der Waals surface area contributed by atoms with Gasteiger partial charge in [0.2, 0.25) is 0 Å². The van der Waals surface area contributed by atoms with Crippen molar-refractivity contribution in [3.63, 3.8) is 0 Å². The van der Waals surface area contributed by atoms with Gasteiger partial charge in [-0.1, -0.05) is 0 Å². The predicted octanol–water partition coefficient (Wildman–Crippen LogP) is 5.26. The molecule has 1 N–H and O–H groups in total. The third kappa shape index (κ3) is 5.57. The monoisotopic (exact) mass is 456 g/mol. The van der Waals surface area contributed by atoms with E-state index in [0.717, 1.165) is 17.7 Å². The number of thiazole rings is 1. The Morgan fingerprint density at radius 1 is 1.17 bits per heavy atom. The topological polar surface area (TPSA) is 77.5 Å². The molecular weight excluding hydrogens is 441 g/mol. The van der Waals surface area contributed by atoms with Crippen LogP contribution in [0.2, 0.25) is 0 Å². The summed E-state index contributed by atoms with van der Waals surface area (Å²) in [5.41, 5.74) is 1.63. The molecule has 30 heavy (non-hydrogen) atoms.